The van der Waals surface area contributed by atoms with E-state index >= 15 is 0 Å². The molecule has 1 aliphatic rings. The molecule has 0 atom stereocenters. The number of hydrogen-bond acceptors (Lipinski definition) is 3. The number of nitrogens with zero attached hydrogens (tertiary/aromatic N) is 2. The zero-order chi connectivity index (χ0) is 21.2. The quantitative estimate of drug-likeness (QED) is 0.459. The molecule has 0 saturated carbocycles. The zero-order valence-electron chi connectivity index (χ0n) is 17.7. The number of amides is 1. The van der Waals surface area contributed by atoms with Crippen LogP contribution in [0.5, 0.6) is 0 Å². The Balaban J connectivity index is 1.34. The van der Waals surface area contributed by atoms with Crippen LogP contribution >= 0.6 is 0 Å². The van der Waals surface area contributed by atoms with Crippen LogP contribution in [0.1, 0.15) is 33.3 Å². The van der Waals surface area contributed by atoms with Crippen LogP contribution in [-0.4, -0.2) is 41.9 Å². The minimum atomic E-state index is -0.0220. The predicted octanol–water partition coefficient (Wildman–Crippen LogP) is 5.29. The fourth-order valence-electron chi connectivity index (χ4n) is 4.54. The molecule has 2 heterocycles. The van der Waals surface area contributed by atoms with Gasteiger partial charge in [0.2, 0.25) is 0 Å². The van der Waals surface area contributed by atoms with Gasteiger partial charge in [-0.1, -0.05) is 78.9 Å². The van der Waals surface area contributed by atoms with Crippen LogP contribution in [0, 0.1) is 6.92 Å². The van der Waals surface area contributed by atoms with Crippen molar-refractivity contribution in [3.05, 3.63) is 107 Å². The van der Waals surface area contributed by atoms with Crippen molar-refractivity contribution in [1.29, 1.82) is 0 Å². The second-order valence-electron chi connectivity index (χ2n) is 8.16. The van der Waals surface area contributed by atoms with Crippen LogP contribution < -0.4 is 0 Å². The Morgan fingerprint density at radius 2 is 1.42 bits per heavy atom. The van der Waals surface area contributed by atoms with Gasteiger partial charge in [-0.25, -0.2) is 0 Å². The van der Waals surface area contributed by atoms with E-state index in [0.717, 1.165) is 29.6 Å². The molecule has 0 bridgehead atoms. The van der Waals surface area contributed by atoms with E-state index in [1.165, 1.54) is 11.1 Å². The molecule has 4 aromatic rings. The summed E-state index contributed by atoms with van der Waals surface area (Å²) in [6.07, 6.45) is 0. The Morgan fingerprint density at radius 3 is 2.00 bits per heavy atom. The maximum atomic E-state index is 13.1. The Kier molecular flexibility index (Phi) is 5.31. The monoisotopic (exact) mass is 410 g/mol. The number of carbonyl (C=O) groups excluding carboxylic acids is 1. The normalized spacial score (nSPS) is 15.0. The van der Waals surface area contributed by atoms with Gasteiger partial charge in [0, 0.05) is 31.6 Å². The number of furan rings is 1. The molecule has 156 valence electrons. The topological polar surface area (TPSA) is 36.7 Å². The Hall–Kier alpha value is -3.37. The lowest BCUT2D eigenvalue weighted by atomic mass is 9.96. The third-order valence-electron chi connectivity index (χ3n) is 6.15. The molecule has 0 spiro atoms. The van der Waals surface area contributed by atoms with Crippen LogP contribution in [-0.2, 0) is 0 Å². The summed E-state index contributed by atoms with van der Waals surface area (Å²) in [5, 5.41) is 0.982. The molecule has 31 heavy (non-hydrogen) atoms. The molecule has 1 aromatic heterocycles. The number of hydrogen-bond donors (Lipinski definition) is 0. The molecule has 4 nitrogen and oxygen atoms in total. The van der Waals surface area contributed by atoms with E-state index in [-0.39, 0.29) is 11.9 Å². The molecule has 0 aliphatic carbocycles. The maximum absolute atomic E-state index is 13.1. The number of aryl methyl sites for hydroxylation is 1. The third kappa shape index (κ3) is 3.87. The van der Waals surface area contributed by atoms with Crippen molar-refractivity contribution in [3.8, 4) is 0 Å². The van der Waals surface area contributed by atoms with Crippen LogP contribution in [0.25, 0.3) is 11.0 Å². The molecule has 4 heteroatoms. The standard InChI is InChI=1S/C27H26N2O2/c1-20-9-8-14-23-19-24(31-26(20)23)27(30)29-17-15-28(16-18-29)25(21-10-4-2-5-11-21)22-12-6-3-7-13-22/h2-14,19,25H,15-18H2,1H3. The first-order valence-corrected chi connectivity index (χ1v) is 10.8. The van der Waals surface area contributed by atoms with Gasteiger partial charge >= 0.3 is 0 Å². The van der Waals surface area contributed by atoms with Gasteiger partial charge < -0.3 is 9.32 Å². The molecule has 5 rings (SSSR count). The molecule has 1 fully saturated rings. The van der Waals surface area contributed by atoms with Gasteiger partial charge in [0.05, 0.1) is 6.04 Å². The van der Waals surface area contributed by atoms with Crippen LogP contribution in [0.15, 0.2) is 89.3 Å². The van der Waals surface area contributed by atoms with E-state index in [0.29, 0.717) is 18.8 Å². The van der Waals surface area contributed by atoms with Crippen molar-refractivity contribution in [2.45, 2.75) is 13.0 Å². The number of para-hydroxylation sites is 1. The van der Waals surface area contributed by atoms with Gasteiger partial charge in [-0.2, -0.15) is 0 Å². The van der Waals surface area contributed by atoms with Crippen LogP contribution in [0.2, 0.25) is 0 Å². The molecule has 1 amide bonds. The largest absolute Gasteiger partial charge is 0.451 e. The summed E-state index contributed by atoms with van der Waals surface area (Å²) in [5.74, 6) is 0.409. The van der Waals surface area contributed by atoms with Crippen LogP contribution in [0.3, 0.4) is 0 Å². The van der Waals surface area contributed by atoms with Gasteiger partial charge in [-0.15, -0.1) is 0 Å². The summed E-state index contributed by atoms with van der Waals surface area (Å²) >= 11 is 0. The zero-order valence-corrected chi connectivity index (χ0v) is 17.7. The first-order valence-electron chi connectivity index (χ1n) is 10.8. The summed E-state index contributed by atoms with van der Waals surface area (Å²) in [5.41, 5.74) is 4.41. The number of benzene rings is 3. The van der Waals surface area contributed by atoms with Crippen molar-refractivity contribution >= 4 is 16.9 Å². The first-order chi connectivity index (χ1) is 15.2. The molecule has 0 unspecified atom stereocenters. The highest BCUT2D eigenvalue weighted by Crippen LogP contribution is 2.30. The van der Waals surface area contributed by atoms with Gasteiger partial charge in [0.25, 0.3) is 5.91 Å². The van der Waals surface area contributed by atoms with Gasteiger partial charge in [0.1, 0.15) is 5.58 Å². The molecular weight excluding hydrogens is 384 g/mol. The lowest BCUT2D eigenvalue weighted by molar-refractivity contribution is 0.0570. The fourth-order valence-corrected chi connectivity index (χ4v) is 4.54. The van der Waals surface area contributed by atoms with E-state index in [1.54, 1.807) is 0 Å². The minimum Gasteiger partial charge on any atom is -0.451 e. The number of piperazine rings is 1. The minimum absolute atomic E-state index is 0.0220. The second-order valence-corrected chi connectivity index (χ2v) is 8.16. The molecule has 3 aromatic carbocycles. The summed E-state index contributed by atoms with van der Waals surface area (Å²) in [7, 11) is 0. The summed E-state index contributed by atoms with van der Waals surface area (Å²) in [6, 6.07) is 29.3. The summed E-state index contributed by atoms with van der Waals surface area (Å²) < 4.78 is 5.92. The number of fused-ring (bicyclic) bond motifs is 1. The lowest BCUT2D eigenvalue weighted by Crippen LogP contribution is -2.49. The van der Waals surface area contributed by atoms with Crippen molar-refractivity contribution in [2.24, 2.45) is 0 Å². The molecular formula is C27H26N2O2. The highest BCUT2D eigenvalue weighted by atomic mass is 16.3. The van der Waals surface area contributed by atoms with E-state index in [2.05, 4.69) is 65.6 Å². The van der Waals surface area contributed by atoms with E-state index in [1.807, 2.05) is 36.1 Å². The van der Waals surface area contributed by atoms with Gasteiger partial charge in [-0.3, -0.25) is 9.69 Å². The average Bonchev–Trinajstić information content (AvgIpc) is 3.27. The maximum Gasteiger partial charge on any atom is 0.289 e. The van der Waals surface area contributed by atoms with Crippen LogP contribution in [0.4, 0.5) is 0 Å². The summed E-state index contributed by atoms with van der Waals surface area (Å²) in [6.45, 7) is 5.02. The Bertz CT molecular complexity index is 1140. The number of rotatable bonds is 4. The van der Waals surface area contributed by atoms with E-state index < -0.39 is 0 Å². The van der Waals surface area contributed by atoms with E-state index in [4.69, 9.17) is 4.42 Å². The van der Waals surface area contributed by atoms with Gasteiger partial charge in [-0.05, 0) is 29.7 Å². The first kappa shape index (κ1) is 19.6. The van der Waals surface area contributed by atoms with E-state index in [9.17, 15) is 4.79 Å². The molecule has 0 radical (unpaired) electrons. The molecule has 1 aliphatic heterocycles. The average molecular weight is 411 g/mol. The summed E-state index contributed by atoms with van der Waals surface area (Å²) in [4.78, 5) is 17.5. The SMILES string of the molecule is Cc1cccc2cc(C(=O)N3CCN(C(c4ccccc4)c4ccccc4)CC3)oc12. The molecule has 0 N–H and O–H groups in total. The predicted molar refractivity (Wildman–Crippen MR) is 123 cm³/mol. The fraction of sp³-hybridized carbons (Fsp3) is 0.222. The van der Waals surface area contributed by atoms with Crippen molar-refractivity contribution < 1.29 is 9.21 Å². The smallest absolute Gasteiger partial charge is 0.289 e. The van der Waals surface area contributed by atoms with Gasteiger partial charge in [0.15, 0.2) is 5.76 Å². The highest BCUT2D eigenvalue weighted by molar-refractivity contribution is 5.96. The second kappa shape index (κ2) is 8.40. The van der Waals surface area contributed by atoms with Crippen molar-refractivity contribution in [3.63, 3.8) is 0 Å². The molecule has 1 saturated heterocycles. The van der Waals surface area contributed by atoms with Crippen molar-refractivity contribution in [1.82, 2.24) is 9.80 Å². The number of carbonyl (C=O) groups is 1. The Morgan fingerprint density at radius 1 is 0.806 bits per heavy atom. The Labute approximate surface area is 182 Å². The third-order valence-corrected chi connectivity index (χ3v) is 6.15. The van der Waals surface area contributed by atoms with Crippen molar-refractivity contribution in [2.75, 3.05) is 26.2 Å². The highest BCUT2D eigenvalue weighted by Gasteiger charge is 2.29. The lowest BCUT2D eigenvalue weighted by Gasteiger charge is -2.39.